The molecule has 104 valence electrons. The summed E-state index contributed by atoms with van der Waals surface area (Å²) in [5.74, 6) is 2.00. The molecule has 5 nitrogen and oxygen atoms in total. The maximum Gasteiger partial charge on any atom is 0.246 e. The fourth-order valence-corrected chi connectivity index (χ4v) is 3.93. The number of nitrogens with zero attached hydrogens (tertiary/aromatic N) is 2. The third kappa shape index (κ3) is 1.75. The number of hydrogen-bond donors (Lipinski definition) is 1. The third-order valence-corrected chi connectivity index (χ3v) is 5.14. The molecule has 3 aliphatic heterocycles. The highest BCUT2D eigenvalue weighted by atomic mass is 16.5. The van der Waals surface area contributed by atoms with Crippen LogP contribution in [0.25, 0.3) is 0 Å². The van der Waals surface area contributed by atoms with E-state index >= 15 is 0 Å². The summed E-state index contributed by atoms with van der Waals surface area (Å²) in [6.45, 7) is 3.23. The molecule has 4 unspecified atom stereocenters. The molecule has 0 aliphatic carbocycles. The minimum atomic E-state index is -0.0796. The Morgan fingerprint density at radius 1 is 1.42 bits per heavy atom. The van der Waals surface area contributed by atoms with E-state index in [1.807, 2.05) is 0 Å². The first-order valence-electron chi connectivity index (χ1n) is 7.55. The topological polar surface area (TPSA) is 60.2 Å². The van der Waals surface area contributed by atoms with Gasteiger partial charge in [-0.3, -0.25) is 0 Å². The molecule has 4 rings (SSSR count). The van der Waals surface area contributed by atoms with E-state index in [4.69, 9.17) is 14.2 Å². The summed E-state index contributed by atoms with van der Waals surface area (Å²) in [6, 6.07) is 0. The molecule has 5 heteroatoms. The molecule has 1 aromatic rings. The van der Waals surface area contributed by atoms with Gasteiger partial charge in [0.15, 0.2) is 5.82 Å². The van der Waals surface area contributed by atoms with Crippen LogP contribution in [0.3, 0.4) is 0 Å². The Morgan fingerprint density at radius 3 is 3.00 bits per heavy atom. The van der Waals surface area contributed by atoms with Crippen LogP contribution in [-0.4, -0.2) is 28.9 Å². The van der Waals surface area contributed by atoms with Crippen molar-refractivity contribution < 1.29 is 9.26 Å². The number of hydrogen-bond acceptors (Lipinski definition) is 5. The number of fused-ring (bicyclic) bond motifs is 2. The maximum atomic E-state index is 5.89. The zero-order valence-corrected chi connectivity index (χ0v) is 11.4. The highest BCUT2D eigenvalue weighted by Gasteiger charge is 2.45. The first kappa shape index (κ1) is 11.9. The van der Waals surface area contributed by atoms with Crippen molar-refractivity contribution >= 4 is 0 Å². The molecule has 1 aromatic heterocycles. The minimum Gasteiger partial charge on any atom is -0.374 e. The summed E-state index contributed by atoms with van der Waals surface area (Å²) in [4.78, 5) is 4.72. The zero-order chi connectivity index (χ0) is 12.9. The average molecular weight is 263 g/mol. The number of aromatic nitrogens is 2. The molecule has 0 spiro atoms. The summed E-state index contributed by atoms with van der Waals surface area (Å²) in [7, 11) is 0. The highest BCUT2D eigenvalue weighted by Crippen LogP contribution is 2.44. The second-order valence-electron chi connectivity index (χ2n) is 6.14. The van der Waals surface area contributed by atoms with Gasteiger partial charge in [0.2, 0.25) is 5.89 Å². The van der Waals surface area contributed by atoms with Crippen molar-refractivity contribution in [3.05, 3.63) is 11.7 Å². The summed E-state index contributed by atoms with van der Waals surface area (Å²) in [5, 5.41) is 7.79. The van der Waals surface area contributed by atoms with Crippen molar-refractivity contribution in [2.45, 2.75) is 69.1 Å². The van der Waals surface area contributed by atoms with Crippen LogP contribution < -0.4 is 5.32 Å². The summed E-state index contributed by atoms with van der Waals surface area (Å²) in [5.41, 5.74) is -0.0796. The molecule has 1 N–H and O–H groups in total. The standard InChI is InChI=1S/C14H21N3O2/c1-2-14(6-3-7-15-14)13-16-12(17-19-13)10-8-9-4-5-11(10)18-9/h9-11,15H,2-8H2,1H3. The molecule has 3 fully saturated rings. The summed E-state index contributed by atoms with van der Waals surface area (Å²) >= 11 is 0. The van der Waals surface area contributed by atoms with E-state index in [1.54, 1.807) is 0 Å². The monoisotopic (exact) mass is 263 g/mol. The van der Waals surface area contributed by atoms with Gasteiger partial charge in [-0.25, -0.2) is 0 Å². The van der Waals surface area contributed by atoms with Gasteiger partial charge in [0, 0.05) is 0 Å². The molecule has 3 saturated heterocycles. The van der Waals surface area contributed by atoms with Crippen molar-refractivity contribution in [1.29, 1.82) is 0 Å². The minimum absolute atomic E-state index is 0.0796. The van der Waals surface area contributed by atoms with Gasteiger partial charge in [0.25, 0.3) is 0 Å². The molecule has 2 bridgehead atoms. The van der Waals surface area contributed by atoms with Crippen molar-refractivity contribution in [3.8, 4) is 0 Å². The predicted molar refractivity (Wildman–Crippen MR) is 68.8 cm³/mol. The molecule has 4 heterocycles. The SMILES string of the molecule is CCC1(c2nc(C3CC4CCC3O4)no2)CCCN1. The van der Waals surface area contributed by atoms with Gasteiger partial charge < -0.3 is 14.6 Å². The van der Waals surface area contributed by atoms with E-state index in [2.05, 4.69) is 17.4 Å². The number of nitrogens with one attached hydrogen (secondary N) is 1. The molecule has 4 atom stereocenters. The molecule has 3 aliphatic rings. The lowest BCUT2D eigenvalue weighted by molar-refractivity contribution is 0.0996. The molecular formula is C14H21N3O2. The van der Waals surface area contributed by atoms with E-state index in [-0.39, 0.29) is 5.54 Å². The maximum absolute atomic E-state index is 5.89. The van der Waals surface area contributed by atoms with Gasteiger partial charge >= 0.3 is 0 Å². The van der Waals surface area contributed by atoms with Crippen molar-refractivity contribution in [2.75, 3.05) is 6.54 Å². The van der Waals surface area contributed by atoms with Gasteiger partial charge in [-0.1, -0.05) is 12.1 Å². The first-order valence-corrected chi connectivity index (χ1v) is 7.55. The number of ether oxygens (including phenoxy) is 1. The first-order chi connectivity index (χ1) is 9.31. The van der Waals surface area contributed by atoms with Gasteiger partial charge in [-0.05, 0) is 45.1 Å². The van der Waals surface area contributed by atoms with Crippen LogP contribution in [0.1, 0.15) is 63.1 Å². The third-order valence-electron chi connectivity index (χ3n) is 5.14. The zero-order valence-electron chi connectivity index (χ0n) is 11.4. The Bertz CT molecular complexity index is 467. The Kier molecular flexibility index (Phi) is 2.67. The van der Waals surface area contributed by atoms with Gasteiger partial charge in [-0.15, -0.1) is 0 Å². The van der Waals surface area contributed by atoms with Crippen LogP contribution in [0.2, 0.25) is 0 Å². The van der Waals surface area contributed by atoms with Crippen LogP contribution in [0.5, 0.6) is 0 Å². The lowest BCUT2D eigenvalue weighted by atomic mass is 9.88. The lowest BCUT2D eigenvalue weighted by Crippen LogP contribution is -2.36. The second kappa shape index (κ2) is 4.28. The molecule has 0 amide bonds. The fraction of sp³-hybridized carbons (Fsp3) is 0.857. The second-order valence-corrected chi connectivity index (χ2v) is 6.14. The molecule has 0 aromatic carbocycles. The highest BCUT2D eigenvalue weighted by molar-refractivity contribution is 5.11. The van der Waals surface area contributed by atoms with Gasteiger partial charge in [0.05, 0.1) is 23.7 Å². The van der Waals surface area contributed by atoms with Crippen LogP contribution in [0.4, 0.5) is 0 Å². The quantitative estimate of drug-likeness (QED) is 0.905. The van der Waals surface area contributed by atoms with Gasteiger partial charge in [0.1, 0.15) is 0 Å². The predicted octanol–water partition coefficient (Wildman–Crippen LogP) is 2.09. The van der Waals surface area contributed by atoms with Crippen LogP contribution in [0.15, 0.2) is 4.52 Å². The molecule has 0 radical (unpaired) electrons. The lowest BCUT2D eigenvalue weighted by Gasteiger charge is -2.23. The van der Waals surface area contributed by atoms with E-state index in [9.17, 15) is 0 Å². The van der Waals surface area contributed by atoms with Crippen molar-refractivity contribution in [1.82, 2.24) is 15.5 Å². The largest absolute Gasteiger partial charge is 0.374 e. The van der Waals surface area contributed by atoms with Gasteiger partial charge in [-0.2, -0.15) is 4.98 Å². The Hall–Kier alpha value is -0.940. The average Bonchev–Trinajstić information content (AvgIpc) is 3.20. The van der Waals surface area contributed by atoms with Crippen LogP contribution in [-0.2, 0) is 10.3 Å². The summed E-state index contributed by atoms with van der Waals surface area (Å²) in [6.07, 6.45) is 7.45. The fourth-order valence-electron chi connectivity index (χ4n) is 3.93. The van der Waals surface area contributed by atoms with Crippen LogP contribution >= 0.6 is 0 Å². The number of rotatable bonds is 3. The van der Waals surface area contributed by atoms with Crippen molar-refractivity contribution in [2.24, 2.45) is 0 Å². The van der Waals surface area contributed by atoms with E-state index in [0.29, 0.717) is 18.1 Å². The van der Waals surface area contributed by atoms with E-state index in [1.165, 1.54) is 12.8 Å². The smallest absolute Gasteiger partial charge is 0.246 e. The Labute approximate surface area is 113 Å². The van der Waals surface area contributed by atoms with E-state index < -0.39 is 0 Å². The van der Waals surface area contributed by atoms with E-state index in [0.717, 1.165) is 43.9 Å². The molecule has 0 saturated carbocycles. The Balaban J connectivity index is 1.59. The normalized spacial score (nSPS) is 41.2. The molecular weight excluding hydrogens is 242 g/mol. The molecule has 19 heavy (non-hydrogen) atoms. The van der Waals surface area contributed by atoms with Crippen molar-refractivity contribution in [3.63, 3.8) is 0 Å². The van der Waals surface area contributed by atoms with Crippen LogP contribution in [0, 0.1) is 0 Å². The summed E-state index contributed by atoms with van der Waals surface area (Å²) < 4.78 is 11.5. The Morgan fingerprint density at radius 2 is 2.37 bits per heavy atom.